The van der Waals surface area contributed by atoms with Crippen LogP contribution in [-0.4, -0.2) is 17.2 Å². The summed E-state index contributed by atoms with van der Waals surface area (Å²) in [4.78, 5) is 11.9. The van der Waals surface area contributed by atoms with Gasteiger partial charge < -0.3 is 9.84 Å². The Morgan fingerprint density at radius 2 is 2.40 bits per heavy atom. The second-order valence-electron chi connectivity index (χ2n) is 3.33. The number of carboxylic acid groups (broad SMARTS) is 1. The molecule has 0 saturated heterocycles. The second kappa shape index (κ2) is 4.45. The minimum absolute atomic E-state index is 0.540. The zero-order valence-corrected chi connectivity index (χ0v) is 10.2. The highest BCUT2D eigenvalue weighted by molar-refractivity contribution is 9.50. The first-order chi connectivity index (χ1) is 7.20. The molecule has 0 bridgehead atoms. The van der Waals surface area contributed by atoms with Gasteiger partial charge in [-0.1, -0.05) is 0 Å². The highest BCUT2D eigenvalue weighted by atomic mass is 79.9. The zero-order valence-electron chi connectivity index (χ0n) is 7.77. The highest BCUT2D eigenvalue weighted by Crippen LogP contribution is 2.33. The van der Waals surface area contributed by atoms with Crippen molar-refractivity contribution in [3.05, 3.63) is 23.8 Å². The molecule has 15 heavy (non-hydrogen) atoms. The standard InChI is InChI=1S/C10H9BrO3S/c11-15-7-2-4-8-6(5-7)1-3-9(14-8)10(12)13/h2,4-5,9H,1,3H2,(H,12,13). The average Bonchev–Trinajstić information content (AvgIpc) is 2.27. The van der Waals surface area contributed by atoms with Crippen LogP contribution in [0.4, 0.5) is 0 Å². The van der Waals surface area contributed by atoms with Crippen LogP contribution in [0.5, 0.6) is 5.75 Å². The number of benzene rings is 1. The third-order valence-corrected chi connectivity index (χ3v) is 3.90. The summed E-state index contributed by atoms with van der Waals surface area (Å²) in [6.07, 6.45) is 0.604. The van der Waals surface area contributed by atoms with Crippen molar-refractivity contribution in [3.8, 4) is 5.75 Å². The van der Waals surface area contributed by atoms with Crippen molar-refractivity contribution in [2.45, 2.75) is 23.8 Å². The van der Waals surface area contributed by atoms with Gasteiger partial charge in [-0.05, 0) is 61.6 Å². The molecule has 1 atom stereocenters. The molecule has 1 N–H and O–H groups in total. The van der Waals surface area contributed by atoms with Gasteiger partial charge in [-0.2, -0.15) is 0 Å². The van der Waals surface area contributed by atoms with Crippen molar-refractivity contribution in [2.24, 2.45) is 0 Å². The normalized spacial score (nSPS) is 19.1. The van der Waals surface area contributed by atoms with Crippen LogP contribution in [-0.2, 0) is 11.2 Å². The van der Waals surface area contributed by atoms with Crippen LogP contribution in [0.25, 0.3) is 0 Å². The van der Waals surface area contributed by atoms with Gasteiger partial charge in [-0.25, -0.2) is 4.79 Å². The van der Waals surface area contributed by atoms with Gasteiger partial charge in [0.1, 0.15) is 5.75 Å². The average molecular weight is 289 g/mol. The number of aryl methyl sites for hydroxylation is 1. The van der Waals surface area contributed by atoms with E-state index in [2.05, 4.69) is 14.8 Å². The van der Waals surface area contributed by atoms with Gasteiger partial charge in [0.25, 0.3) is 0 Å². The van der Waals surface area contributed by atoms with Gasteiger partial charge in [0.2, 0.25) is 0 Å². The Kier molecular flexibility index (Phi) is 3.21. The first-order valence-electron chi connectivity index (χ1n) is 4.51. The number of fused-ring (bicyclic) bond motifs is 1. The SMILES string of the molecule is O=C(O)C1CCc2cc(SBr)ccc2O1. The Morgan fingerprint density at radius 1 is 1.60 bits per heavy atom. The van der Waals surface area contributed by atoms with E-state index in [1.165, 1.54) is 10.2 Å². The summed E-state index contributed by atoms with van der Waals surface area (Å²) in [5, 5.41) is 8.83. The minimum atomic E-state index is -0.889. The molecule has 3 nitrogen and oxygen atoms in total. The maximum absolute atomic E-state index is 10.8. The Balaban J connectivity index is 2.24. The van der Waals surface area contributed by atoms with Crippen LogP contribution in [0.1, 0.15) is 12.0 Å². The molecule has 1 heterocycles. The number of hydrogen-bond acceptors (Lipinski definition) is 3. The lowest BCUT2D eigenvalue weighted by molar-refractivity contribution is -0.145. The number of aliphatic carboxylic acids is 1. The van der Waals surface area contributed by atoms with Crippen LogP contribution in [0.3, 0.4) is 0 Å². The van der Waals surface area contributed by atoms with E-state index in [0.29, 0.717) is 12.2 Å². The number of carbonyl (C=O) groups is 1. The van der Waals surface area contributed by atoms with Crippen LogP contribution >= 0.6 is 25.0 Å². The molecular formula is C10H9BrO3S. The van der Waals surface area contributed by atoms with Crippen molar-refractivity contribution in [1.29, 1.82) is 0 Å². The topological polar surface area (TPSA) is 46.5 Å². The Hall–Kier alpha value is -0.680. The maximum Gasteiger partial charge on any atom is 0.344 e. The molecule has 0 aliphatic carbocycles. The number of carboxylic acids is 1. The number of ether oxygens (including phenoxy) is 1. The van der Waals surface area contributed by atoms with Gasteiger partial charge in [-0.3, -0.25) is 0 Å². The molecule has 80 valence electrons. The molecular weight excluding hydrogens is 280 g/mol. The van der Waals surface area contributed by atoms with Crippen LogP contribution in [0.2, 0.25) is 0 Å². The van der Waals surface area contributed by atoms with E-state index in [0.717, 1.165) is 16.9 Å². The van der Waals surface area contributed by atoms with E-state index in [9.17, 15) is 4.79 Å². The maximum atomic E-state index is 10.8. The molecule has 0 saturated carbocycles. The lowest BCUT2D eigenvalue weighted by Crippen LogP contribution is -2.30. The van der Waals surface area contributed by atoms with Crippen LogP contribution in [0.15, 0.2) is 23.1 Å². The molecule has 1 aliphatic heterocycles. The van der Waals surface area contributed by atoms with Crippen molar-refractivity contribution >= 4 is 31.0 Å². The van der Waals surface area contributed by atoms with E-state index in [4.69, 9.17) is 9.84 Å². The molecule has 1 aromatic carbocycles. The van der Waals surface area contributed by atoms with Gasteiger partial charge in [0, 0.05) is 4.90 Å². The Morgan fingerprint density at radius 3 is 3.07 bits per heavy atom. The fourth-order valence-corrected chi connectivity index (χ4v) is 2.50. The molecule has 2 rings (SSSR count). The first-order valence-corrected chi connectivity index (χ1v) is 7.17. The molecule has 0 spiro atoms. The number of halogens is 1. The van der Waals surface area contributed by atoms with Crippen molar-refractivity contribution in [1.82, 2.24) is 0 Å². The van der Waals surface area contributed by atoms with Crippen LogP contribution < -0.4 is 4.74 Å². The third kappa shape index (κ3) is 2.29. The predicted octanol–water partition coefficient (Wildman–Crippen LogP) is 2.87. The summed E-state index contributed by atoms with van der Waals surface area (Å²) in [6, 6.07) is 5.75. The summed E-state index contributed by atoms with van der Waals surface area (Å²) >= 11 is 3.30. The van der Waals surface area contributed by atoms with E-state index >= 15 is 0 Å². The lowest BCUT2D eigenvalue weighted by Gasteiger charge is -2.23. The van der Waals surface area contributed by atoms with Crippen molar-refractivity contribution in [2.75, 3.05) is 0 Å². The lowest BCUT2D eigenvalue weighted by atomic mass is 10.0. The summed E-state index contributed by atoms with van der Waals surface area (Å²) in [5.41, 5.74) is 1.08. The fraction of sp³-hybridized carbons (Fsp3) is 0.300. The fourth-order valence-electron chi connectivity index (χ4n) is 1.59. The molecule has 0 fully saturated rings. The van der Waals surface area contributed by atoms with Gasteiger partial charge in [0.15, 0.2) is 6.10 Å². The third-order valence-electron chi connectivity index (χ3n) is 2.34. The summed E-state index contributed by atoms with van der Waals surface area (Å²) < 4.78 is 5.37. The van der Waals surface area contributed by atoms with E-state index in [-0.39, 0.29) is 0 Å². The van der Waals surface area contributed by atoms with Gasteiger partial charge in [-0.15, -0.1) is 0 Å². The molecule has 1 aromatic rings. The van der Waals surface area contributed by atoms with E-state index in [1.807, 2.05) is 18.2 Å². The van der Waals surface area contributed by atoms with Crippen molar-refractivity contribution < 1.29 is 14.6 Å². The quantitative estimate of drug-likeness (QED) is 0.909. The summed E-state index contributed by atoms with van der Waals surface area (Å²) in [7, 11) is 1.49. The highest BCUT2D eigenvalue weighted by Gasteiger charge is 2.25. The first kappa shape index (κ1) is 10.8. The van der Waals surface area contributed by atoms with Gasteiger partial charge >= 0.3 is 5.97 Å². The van der Waals surface area contributed by atoms with Crippen molar-refractivity contribution in [3.63, 3.8) is 0 Å². The molecule has 0 amide bonds. The Bertz CT molecular complexity index is 394. The predicted molar refractivity (Wildman–Crippen MR) is 61.6 cm³/mol. The molecule has 0 radical (unpaired) electrons. The molecule has 5 heteroatoms. The molecule has 1 unspecified atom stereocenters. The summed E-state index contributed by atoms with van der Waals surface area (Å²) in [5.74, 6) is -0.196. The smallest absolute Gasteiger partial charge is 0.344 e. The van der Waals surface area contributed by atoms with Crippen LogP contribution in [0, 0.1) is 0 Å². The largest absolute Gasteiger partial charge is 0.479 e. The Labute approximate surface area is 99.0 Å². The zero-order chi connectivity index (χ0) is 10.8. The number of hydrogen-bond donors (Lipinski definition) is 1. The van der Waals surface area contributed by atoms with E-state index < -0.39 is 12.1 Å². The number of rotatable bonds is 2. The summed E-state index contributed by atoms with van der Waals surface area (Å²) in [6.45, 7) is 0. The second-order valence-corrected chi connectivity index (χ2v) is 4.93. The van der Waals surface area contributed by atoms with Gasteiger partial charge in [0.05, 0.1) is 0 Å². The monoisotopic (exact) mass is 288 g/mol. The molecule has 1 aliphatic rings. The minimum Gasteiger partial charge on any atom is -0.479 e. The molecule has 0 aromatic heterocycles. The van der Waals surface area contributed by atoms with E-state index in [1.54, 1.807) is 0 Å².